The standard InChI is InChI=1S/C20H23FN6O/c1-15-23-19(13-20(24-15)27-8-10-28-11-9-27)26-6-4-25(5-7-26)18-3-2-17(21)12-16(18)14-22/h2-3,12-13H,4-11H2,1H3. The summed E-state index contributed by atoms with van der Waals surface area (Å²) in [5.41, 5.74) is 1.16. The zero-order valence-electron chi connectivity index (χ0n) is 15.9. The van der Waals surface area contributed by atoms with Gasteiger partial charge in [0.15, 0.2) is 0 Å². The van der Waals surface area contributed by atoms with Gasteiger partial charge >= 0.3 is 0 Å². The van der Waals surface area contributed by atoms with Gasteiger partial charge in [-0.15, -0.1) is 0 Å². The quantitative estimate of drug-likeness (QED) is 0.804. The Bertz CT molecular complexity index is 885. The summed E-state index contributed by atoms with van der Waals surface area (Å²) in [6, 6.07) is 8.54. The first-order valence-electron chi connectivity index (χ1n) is 9.52. The maximum atomic E-state index is 13.4. The van der Waals surface area contributed by atoms with Crippen LogP contribution in [0.4, 0.5) is 21.7 Å². The highest BCUT2D eigenvalue weighted by Gasteiger charge is 2.22. The predicted octanol–water partition coefficient (Wildman–Crippen LogP) is 1.96. The minimum absolute atomic E-state index is 0.376. The predicted molar refractivity (Wildman–Crippen MR) is 105 cm³/mol. The van der Waals surface area contributed by atoms with E-state index in [0.29, 0.717) is 5.56 Å². The second-order valence-electron chi connectivity index (χ2n) is 6.98. The molecule has 2 aliphatic heterocycles. The Kier molecular flexibility index (Phi) is 5.26. The fourth-order valence-electron chi connectivity index (χ4n) is 3.70. The third kappa shape index (κ3) is 3.85. The Balaban J connectivity index is 1.48. The lowest BCUT2D eigenvalue weighted by atomic mass is 10.1. The molecule has 4 rings (SSSR count). The van der Waals surface area contributed by atoms with E-state index < -0.39 is 0 Å². The Labute approximate surface area is 164 Å². The molecule has 28 heavy (non-hydrogen) atoms. The molecule has 0 amide bonds. The molecule has 2 fully saturated rings. The smallest absolute Gasteiger partial charge is 0.134 e. The van der Waals surface area contributed by atoms with E-state index in [1.807, 2.05) is 13.0 Å². The largest absolute Gasteiger partial charge is 0.378 e. The number of morpholine rings is 1. The van der Waals surface area contributed by atoms with E-state index in [4.69, 9.17) is 4.74 Å². The number of nitriles is 1. The number of benzene rings is 1. The summed E-state index contributed by atoms with van der Waals surface area (Å²) in [6.07, 6.45) is 0. The third-order valence-electron chi connectivity index (χ3n) is 5.17. The molecule has 2 saturated heterocycles. The number of hydrogen-bond acceptors (Lipinski definition) is 7. The first kappa shape index (κ1) is 18.4. The summed E-state index contributed by atoms with van der Waals surface area (Å²) in [4.78, 5) is 15.8. The number of rotatable bonds is 3. The van der Waals surface area contributed by atoms with Crippen molar-refractivity contribution in [3.8, 4) is 6.07 Å². The molecule has 0 N–H and O–H groups in total. The first-order valence-corrected chi connectivity index (χ1v) is 9.52. The highest BCUT2D eigenvalue weighted by molar-refractivity contribution is 5.61. The van der Waals surface area contributed by atoms with Crippen LogP contribution in [0.5, 0.6) is 0 Å². The van der Waals surface area contributed by atoms with Crippen LogP contribution < -0.4 is 14.7 Å². The van der Waals surface area contributed by atoms with Gasteiger partial charge in [-0.1, -0.05) is 0 Å². The molecular weight excluding hydrogens is 359 g/mol. The zero-order chi connectivity index (χ0) is 19.5. The van der Waals surface area contributed by atoms with Crippen LogP contribution in [-0.4, -0.2) is 62.5 Å². The normalized spacial score (nSPS) is 17.5. The van der Waals surface area contributed by atoms with Crippen LogP contribution in [0.2, 0.25) is 0 Å². The van der Waals surface area contributed by atoms with Gasteiger partial charge in [-0.3, -0.25) is 0 Å². The molecule has 0 spiro atoms. The van der Waals surface area contributed by atoms with E-state index >= 15 is 0 Å². The Morgan fingerprint density at radius 3 is 2.18 bits per heavy atom. The molecule has 1 aromatic heterocycles. The first-order chi connectivity index (χ1) is 13.6. The third-order valence-corrected chi connectivity index (χ3v) is 5.17. The van der Waals surface area contributed by atoms with Gasteiger partial charge in [0.25, 0.3) is 0 Å². The summed E-state index contributed by atoms with van der Waals surface area (Å²) in [5.74, 6) is 2.24. The van der Waals surface area contributed by atoms with Crippen molar-refractivity contribution in [2.45, 2.75) is 6.92 Å². The number of nitrogens with zero attached hydrogens (tertiary/aromatic N) is 6. The van der Waals surface area contributed by atoms with Crippen molar-refractivity contribution >= 4 is 17.3 Å². The Morgan fingerprint density at radius 1 is 0.929 bits per heavy atom. The van der Waals surface area contributed by atoms with Crippen LogP contribution in [0.25, 0.3) is 0 Å². The minimum atomic E-state index is -0.383. The van der Waals surface area contributed by atoms with Crippen LogP contribution >= 0.6 is 0 Å². The monoisotopic (exact) mass is 382 g/mol. The van der Waals surface area contributed by atoms with Gasteiger partial charge in [-0.25, -0.2) is 14.4 Å². The molecule has 0 aliphatic carbocycles. The van der Waals surface area contributed by atoms with Crippen molar-refractivity contribution in [2.75, 3.05) is 67.2 Å². The molecule has 0 atom stereocenters. The number of hydrogen-bond donors (Lipinski definition) is 0. The summed E-state index contributed by atoms with van der Waals surface area (Å²) in [7, 11) is 0. The number of aromatic nitrogens is 2. The van der Waals surface area contributed by atoms with Crippen molar-refractivity contribution in [3.63, 3.8) is 0 Å². The van der Waals surface area contributed by atoms with E-state index in [1.165, 1.54) is 12.1 Å². The fourth-order valence-corrected chi connectivity index (χ4v) is 3.70. The van der Waals surface area contributed by atoms with Crippen molar-refractivity contribution < 1.29 is 9.13 Å². The van der Waals surface area contributed by atoms with Crippen LogP contribution in [0.15, 0.2) is 24.3 Å². The topological polar surface area (TPSA) is 68.5 Å². The molecule has 0 bridgehead atoms. The van der Waals surface area contributed by atoms with E-state index in [-0.39, 0.29) is 5.82 Å². The van der Waals surface area contributed by atoms with Crippen LogP contribution in [0.3, 0.4) is 0 Å². The van der Waals surface area contributed by atoms with Crippen molar-refractivity contribution in [3.05, 3.63) is 41.5 Å². The second-order valence-corrected chi connectivity index (χ2v) is 6.98. The van der Waals surface area contributed by atoms with Crippen molar-refractivity contribution in [1.29, 1.82) is 5.26 Å². The van der Waals surface area contributed by atoms with Gasteiger partial charge in [-0.2, -0.15) is 5.26 Å². The maximum Gasteiger partial charge on any atom is 0.134 e. The Morgan fingerprint density at radius 2 is 1.54 bits per heavy atom. The highest BCUT2D eigenvalue weighted by Crippen LogP contribution is 2.25. The molecule has 1 aromatic carbocycles. The van der Waals surface area contributed by atoms with Crippen LogP contribution in [0, 0.1) is 24.1 Å². The van der Waals surface area contributed by atoms with Crippen LogP contribution in [0.1, 0.15) is 11.4 Å². The van der Waals surface area contributed by atoms with Gasteiger partial charge in [0.05, 0.1) is 24.5 Å². The summed E-state index contributed by atoms with van der Waals surface area (Å²) < 4.78 is 18.8. The molecule has 7 nitrogen and oxygen atoms in total. The molecule has 2 aromatic rings. The van der Waals surface area contributed by atoms with Gasteiger partial charge < -0.3 is 19.4 Å². The molecule has 8 heteroatoms. The number of aryl methyl sites for hydroxylation is 1. The van der Waals surface area contributed by atoms with E-state index in [1.54, 1.807) is 6.07 Å². The summed E-state index contributed by atoms with van der Waals surface area (Å²) in [5, 5.41) is 9.30. The molecule has 3 heterocycles. The lowest BCUT2D eigenvalue weighted by molar-refractivity contribution is 0.122. The van der Waals surface area contributed by atoms with E-state index in [0.717, 1.165) is 75.6 Å². The average molecular weight is 382 g/mol. The molecule has 0 saturated carbocycles. The number of piperazine rings is 1. The molecule has 146 valence electrons. The summed E-state index contributed by atoms with van der Waals surface area (Å²) in [6.45, 7) is 8.08. The number of ether oxygens (including phenoxy) is 1. The van der Waals surface area contributed by atoms with Crippen molar-refractivity contribution in [1.82, 2.24) is 9.97 Å². The Hall–Kier alpha value is -2.92. The summed E-state index contributed by atoms with van der Waals surface area (Å²) >= 11 is 0. The highest BCUT2D eigenvalue weighted by atomic mass is 19.1. The molecule has 2 aliphatic rings. The SMILES string of the molecule is Cc1nc(N2CCOCC2)cc(N2CCN(c3ccc(F)cc3C#N)CC2)n1. The molecular formula is C20H23FN6O. The van der Waals surface area contributed by atoms with Gasteiger partial charge in [0.1, 0.15) is 29.3 Å². The number of halogens is 1. The van der Waals surface area contributed by atoms with E-state index in [2.05, 4.69) is 30.7 Å². The lowest BCUT2D eigenvalue weighted by Crippen LogP contribution is -2.47. The minimum Gasteiger partial charge on any atom is -0.378 e. The average Bonchev–Trinajstić information content (AvgIpc) is 2.74. The van der Waals surface area contributed by atoms with E-state index in [9.17, 15) is 9.65 Å². The fraction of sp³-hybridized carbons (Fsp3) is 0.450. The van der Waals surface area contributed by atoms with Gasteiger partial charge in [0.2, 0.25) is 0 Å². The van der Waals surface area contributed by atoms with Gasteiger partial charge in [-0.05, 0) is 25.1 Å². The zero-order valence-corrected chi connectivity index (χ0v) is 15.9. The molecule has 0 unspecified atom stereocenters. The maximum absolute atomic E-state index is 13.4. The lowest BCUT2D eigenvalue weighted by Gasteiger charge is -2.37. The molecule has 0 radical (unpaired) electrons. The van der Waals surface area contributed by atoms with Crippen LogP contribution in [-0.2, 0) is 4.74 Å². The second kappa shape index (κ2) is 7.98. The van der Waals surface area contributed by atoms with Crippen molar-refractivity contribution in [2.24, 2.45) is 0 Å². The van der Waals surface area contributed by atoms with Gasteiger partial charge in [0, 0.05) is 45.3 Å². The number of anilines is 3.